The second-order valence-corrected chi connectivity index (χ2v) is 2.84. The van der Waals surface area contributed by atoms with E-state index in [4.69, 9.17) is 5.73 Å². The molecule has 0 saturated heterocycles. The average Bonchev–Trinajstić information content (AvgIpc) is 2.04. The number of nitrogen functional groups attached to an aromatic ring is 1. The lowest BCUT2D eigenvalue weighted by atomic mass is 10.1. The zero-order chi connectivity index (χ0) is 8.10. The molecule has 0 unspecified atom stereocenters. The largest absolute Gasteiger partial charge is 0.399 e. The molecule has 0 spiro atoms. The summed E-state index contributed by atoms with van der Waals surface area (Å²) in [5.74, 6) is 0. The van der Waals surface area contributed by atoms with Crippen LogP contribution in [0.4, 0.5) is 5.69 Å². The van der Waals surface area contributed by atoms with Gasteiger partial charge in [0.05, 0.1) is 0 Å². The summed E-state index contributed by atoms with van der Waals surface area (Å²) in [4.78, 5) is 1.86. The van der Waals surface area contributed by atoms with Crippen molar-refractivity contribution in [1.29, 1.82) is 0 Å². The van der Waals surface area contributed by atoms with E-state index < -0.39 is 0 Å². The molecule has 58 valence electrons. The first-order valence-electron chi connectivity index (χ1n) is 3.42. The van der Waals surface area contributed by atoms with Gasteiger partial charge in [-0.25, -0.2) is 0 Å². The summed E-state index contributed by atoms with van der Waals surface area (Å²) in [6.07, 6.45) is 3.00. The molecule has 2 heteroatoms. The van der Waals surface area contributed by atoms with Gasteiger partial charge in [0.25, 0.3) is 0 Å². The maximum atomic E-state index is 5.53. The molecule has 1 nitrogen and oxygen atoms in total. The van der Waals surface area contributed by atoms with Crippen molar-refractivity contribution in [2.75, 3.05) is 5.73 Å². The molecule has 0 amide bonds. The van der Waals surface area contributed by atoms with Crippen molar-refractivity contribution < 1.29 is 0 Å². The van der Waals surface area contributed by atoms with E-state index in [0.29, 0.717) is 0 Å². The molecule has 0 aliphatic rings. The van der Waals surface area contributed by atoms with Gasteiger partial charge in [-0.3, -0.25) is 0 Å². The van der Waals surface area contributed by atoms with Crippen molar-refractivity contribution in [3.05, 3.63) is 40.9 Å². The number of rotatable bonds is 2. The van der Waals surface area contributed by atoms with Crippen LogP contribution in [0.15, 0.2) is 35.3 Å². The number of allylic oxidation sites excluding steroid dienone is 1. The maximum absolute atomic E-state index is 5.53. The molecule has 11 heavy (non-hydrogen) atoms. The molecule has 0 heterocycles. The van der Waals surface area contributed by atoms with Gasteiger partial charge in [-0.15, -0.1) is 0 Å². The minimum atomic E-state index is 0.816. The lowest BCUT2D eigenvalue weighted by molar-refractivity contribution is 1.28. The van der Waals surface area contributed by atoms with E-state index in [0.717, 1.165) is 12.1 Å². The van der Waals surface area contributed by atoms with Gasteiger partial charge in [0, 0.05) is 5.69 Å². The van der Waals surface area contributed by atoms with Gasteiger partial charge in [-0.05, 0) is 29.1 Å². The summed E-state index contributed by atoms with van der Waals surface area (Å²) in [5.41, 5.74) is 7.62. The van der Waals surface area contributed by atoms with Crippen LogP contribution in [0.25, 0.3) is 0 Å². The Hall–Kier alpha value is -0.760. The monoisotopic (exact) mass is 211 g/mol. The van der Waals surface area contributed by atoms with Crippen LogP contribution >= 0.6 is 15.9 Å². The van der Waals surface area contributed by atoms with Crippen LogP contribution in [0.5, 0.6) is 0 Å². The third kappa shape index (κ3) is 2.76. The fourth-order valence-corrected chi connectivity index (χ4v) is 1.02. The Bertz CT molecular complexity index is 238. The highest BCUT2D eigenvalue weighted by atomic mass is 79.9. The molecule has 2 N–H and O–H groups in total. The van der Waals surface area contributed by atoms with Gasteiger partial charge in [0.1, 0.15) is 0 Å². The normalized spacial score (nSPS) is 10.6. The van der Waals surface area contributed by atoms with Crippen LogP contribution in [0.1, 0.15) is 5.56 Å². The Labute approximate surface area is 75.0 Å². The van der Waals surface area contributed by atoms with Crippen LogP contribution in [0.2, 0.25) is 0 Å². The van der Waals surface area contributed by atoms with Crippen molar-refractivity contribution in [1.82, 2.24) is 0 Å². The van der Waals surface area contributed by atoms with Gasteiger partial charge >= 0.3 is 0 Å². The van der Waals surface area contributed by atoms with E-state index in [2.05, 4.69) is 15.9 Å². The molecule has 0 bridgehead atoms. The Balaban J connectivity index is 2.66. The zero-order valence-corrected chi connectivity index (χ0v) is 7.71. The SMILES string of the molecule is Nc1ccc(C/C=C/Br)cc1. The Morgan fingerprint density at radius 1 is 1.27 bits per heavy atom. The highest BCUT2D eigenvalue weighted by molar-refractivity contribution is 9.11. The van der Waals surface area contributed by atoms with Crippen molar-refractivity contribution >= 4 is 21.6 Å². The summed E-state index contributed by atoms with van der Waals surface area (Å²) in [6.45, 7) is 0. The van der Waals surface area contributed by atoms with E-state index in [-0.39, 0.29) is 0 Å². The molecular weight excluding hydrogens is 202 g/mol. The zero-order valence-electron chi connectivity index (χ0n) is 6.13. The third-order valence-electron chi connectivity index (χ3n) is 1.42. The van der Waals surface area contributed by atoms with Crippen molar-refractivity contribution in [3.8, 4) is 0 Å². The smallest absolute Gasteiger partial charge is 0.0314 e. The number of anilines is 1. The molecule has 1 aromatic carbocycles. The summed E-state index contributed by atoms with van der Waals surface area (Å²) in [6, 6.07) is 7.89. The van der Waals surface area contributed by atoms with Gasteiger partial charge in [0.15, 0.2) is 0 Å². The number of benzene rings is 1. The lowest BCUT2D eigenvalue weighted by Gasteiger charge is -1.95. The molecule has 0 radical (unpaired) electrons. The second kappa shape index (κ2) is 4.19. The number of hydrogen-bond acceptors (Lipinski definition) is 1. The predicted octanol–water partition coefficient (Wildman–Crippen LogP) is 2.72. The molecule has 1 rings (SSSR count). The summed E-state index contributed by atoms with van der Waals surface area (Å²) in [5, 5.41) is 0. The summed E-state index contributed by atoms with van der Waals surface area (Å²) < 4.78 is 0. The molecular formula is C9H10BrN. The van der Waals surface area contributed by atoms with Gasteiger partial charge in [-0.1, -0.05) is 34.1 Å². The summed E-state index contributed by atoms with van der Waals surface area (Å²) in [7, 11) is 0. The number of halogens is 1. The fourth-order valence-electron chi connectivity index (χ4n) is 0.834. The maximum Gasteiger partial charge on any atom is 0.0314 e. The first-order chi connectivity index (χ1) is 5.33. The highest BCUT2D eigenvalue weighted by Gasteiger charge is 1.87. The van der Waals surface area contributed by atoms with Crippen LogP contribution < -0.4 is 5.73 Å². The predicted molar refractivity (Wildman–Crippen MR) is 52.6 cm³/mol. The quantitative estimate of drug-likeness (QED) is 0.749. The minimum absolute atomic E-state index is 0.816. The lowest BCUT2D eigenvalue weighted by Crippen LogP contribution is -1.85. The molecule has 0 aliphatic carbocycles. The molecule has 0 fully saturated rings. The van der Waals surface area contributed by atoms with E-state index in [1.54, 1.807) is 0 Å². The molecule has 0 aliphatic heterocycles. The van der Waals surface area contributed by atoms with E-state index in [1.807, 2.05) is 35.3 Å². The third-order valence-corrected chi connectivity index (χ3v) is 1.80. The van der Waals surface area contributed by atoms with E-state index in [1.165, 1.54) is 5.56 Å². The molecule has 0 atom stereocenters. The molecule has 0 aromatic heterocycles. The van der Waals surface area contributed by atoms with Crippen molar-refractivity contribution in [2.45, 2.75) is 6.42 Å². The summed E-state index contributed by atoms with van der Waals surface area (Å²) >= 11 is 3.22. The van der Waals surface area contributed by atoms with Crippen LogP contribution in [-0.2, 0) is 6.42 Å². The Kier molecular flexibility index (Phi) is 3.17. The Morgan fingerprint density at radius 2 is 1.91 bits per heavy atom. The second-order valence-electron chi connectivity index (χ2n) is 2.31. The van der Waals surface area contributed by atoms with Gasteiger partial charge < -0.3 is 5.73 Å². The minimum Gasteiger partial charge on any atom is -0.399 e. The standard InChI is InChI=1S/C9H10BrN/c10-7-1-2-8-3-5-9(11)6-4-8/h1,3-7H,2,11H2/b7-1+. The first kappa shape index (κ1) is 8.34. The molecule has 1 aromatic rings. The average molecular weight is 212 g/mol. The van der Waals surface area contributed by atoms with Crippen molar-refractivity contribution in [2.24, 2.45) is 0 Å². The van der Waals surface area contributed by atoms with Gasteiger partial charge in [0.2, 0.25) is 0 Å². The van der Waals surface area contributed by atoms with Crippen LogP contribution in [-0.4, -0.2) is 0 Å². The number of hydrogen-bond donors (Lipinski definition) is 1. The van der Waals surface area contributed by atoms with Crippen molar-refractivity contribution in [3.63, 3.8) is 0 Å². The number of nitrogens with two attached hydrogens (primary N) is 1. The highest BCUT2D eigenvalue weighted by Crippen LogP contribution is 2.06. The fraction of sp³-hybridized carbons (Fsp3) is 0.111. The van der Waals surface area contributed by atoms with Crippen LogP contribution in [0.3, 0.4) is 0 Å². The van der Waals surface area contributed by atoms with E-state index in [9.17, 15) is 0 Å². The van der Waals surface area contributed by atoms with Gasteiger partial charge in [-0.2, -0.15) is 0 Å². The topological polar surface area (TPSA) is 26.0 Å². The van der Waals surface area contributed by atoms with E-state index >= 15 is 0 Å². The Morgan fingerprint density at radius 3 is 2.45 bits per heavy atom. The van der Waals surface area contributed by atoms with Crippen LogP contribution in [0, 0.1) is 0 Å². The first-order valence-corrected chi connectivity index (χ1v) is 4.34. The molecule has 0 saturated carbocycles.